The van der Waals surface area contributed by atoms with E-state index in [9.17, 15) is 4.79 Å². The van der Waals surface area contributed by atoms with E-state index in [4.69, 9.17) is 0 Å². The molecule has 5 heteroatoms. The molecule has 0 aromatic carbocycles. The molecular formula is C9H12LiN3O. The Morgan fingerprint density at radius 2 is 2.07 bits per heavy atom. The van der Waals surface area contributed by atoms with Gasteiger partial charge in [0.05, 0.1) is 0 Å². The Bertz CT molecular complexity index is 295. The monoisotopic (exact) mass is 185 g/mol. The smallest absolute Gasteiger partial charge is 0.400 e. The average molecular weight is 185 g/mol. The van der Waals surface area contributed by atoms with Gasteiger partial charge in [-0.2, -0.15) is 5.10 Å². The second-order valence-corrected chi connectivity index (χ2v) is 3.75. The van der Waals surface area contributed by atoms with E-state index in [-0.39, 0.29) is 30.3 Å². The van der Waals surface area contributed by atoms with Crippen LogP contribution in [0.2, 0.25) is 0 Å². The van der Waals surface area contributed by atoms with Gasteiger partial charge < -0.3 is 10.1 Å². The Hall–Kier alpha value is -0.853. The molecule has 1 rings (SSSR count). The van der Waals surface area contributed by atoms with Gasteiger partial charge in [0.1, 0.15) is 5.91 Å². The van der Waals surface area contributed by atoms with Gasteiger partial charge in [-0.3, -0.25) is 0 Å². The molecule has 0 aliphatic heterocycles. The van der Waals surface area contributed by atoms with E-state index in [2.05, 4.69) is 21.6 Å². The molecule has 14 heavy (non-hydrogen) atoms. The largest absolute Gasteiger partial charge is 1.00 e. The maximum atomic E-state index is 11.5. The summed E-state index contributed by atoms with van der Waals surface area (Å²) in [4.78, 5) is 11.5. The van der Waals surface area contributed by atoms with Crippen molar-refractivity contribution < 1.29 is 23.7 Å². The molecule has 0 radical (unpaired) electrons. The van der Waals surface area contributed by atoms with E-state index in [1.807, 2.05) is 20.8 Å². The molecule has 0 aliphatic rings. The standard InChI is InChI=1S/C9H12N3O.Li/c1-9(2,3)12-8(13)7-4-5-10-11-6-7;/h5-6H,1-3H3,(H,12,13);/q-1;+1. The average Bonchev–Trinajstić information content (AvgIpc) is 2.03. The number of hydrogen-bond donors (Lipinski definition) is 1. The van der Waals surface area contributed by atoms with Crippen LogP contribution in [0, 0.1) is 6.07 Å². The number of carbonyl (C=O) groups excluding carboxylic acids is 1. The first kappa shape index (κ1) is 13.1. The van der Waals surface area contributed by atoms with Gasteiger partial charge in [-0.25, -0.2) is 5.10 Å². The van der Waals surface area contributed by atoms with Gasteiger partial charge in [0, 0.05) is 5.54 Å². The predicted octanol–water partition coefficient (Wildman–Crippen LogP) is -2.19. The molecule has 0 aliphatic carbocycles. The first-order chi connectivity index (χ1) is 5.99. The van der Waals surface area contributed by atoms with Gasteiger partial charge in [0.15, 0.2) is 0 Å². The van der Waals surface area contributed by atoms with Gasteiger partial charge in [-0.15, -0.1) is 11.6 Å². The Balaban J connectivity index is 0.00000169. The van der Waals surface area contributed by atoms with Crippen LogP contribution in [-0.4, -0.2) is 21.6 Å². The summed E-state index contributed by atoms with van der Waals surface area (Å²) >= 11 is 0. The van der Waals surface area contributed by atoms with Crippen LogP contribution in [0.1, 0.15) is 31.1 Å². The first-order valence-corrected chi connectivity index (χ1v) is 4.00. The van der Waals surface area contributed by atoms with Crippen LogP contribution in [0.15, 0.2) is 12.4 Å². The minimum atomic E-state index is -0.242. The van der Waals surface area contributed by atoms with E-state index >= 15 is 0 Å². The molecule has 0 saturated heterocycles. The minimum Gasteiger partial charge on any atom is -0.400 e. The van der Waals surface area contributed by atoms with Crippen LogP contribution in [0.5, 0.6) is 0 Å². The summed E-state index contributed by atoms with van der Waals surface area (Å²) < 4.78 is 0. The summed E-state index contributed by atoms with van der Waals surface area (Å²) in [7, 11) is 0. The first-order valence-electron chi connectivity index (χ1n) is 4.00. The molecule has 0 unspecified atom stereocenters. The molecule has 0 spiro atoms. The Morgan fingerprint density at radius 1 is 1.43 bits per heavy atom. The molecule has 1 heterocycles. The normalized spacial score (nSPS) is 10.2. The third-order valence-corrected chi connectivity index (χ3v) is 1.26. The number of rotatable bonds is 1. The fourth-order valence-corrected chi connectivity index (χ4v) is 0.792. The van der Waals surface area contributed by atoms with Gasteiger partial charge in [0.25, 0.3) is 0 Å². The summed E-state index contributed by atoms with van der Waals surface area (Å²) in [6.07, 6.45) is 2.76. The summed E-state index contributed by atoms with van der Waals surface area (Å²) in [6, 6.07) is 2.71. The summed E-state index contributed by atoms with van der Waals surface area (Å²) in [5.41, 5.74) is 0.165. The van der Waals surface area contributed by atoms with Gasteiger partial charge in [-0.1, -0.05) is 0 Å². The minimum absolute atomic E-state index is 0. The van der Waals surface area contributed by atoms with Crippen molar-refractivity contribution >= 4 is 5.91 Å². The van der Waals surface area contributed by atoms with Crippen LogP contribution >= 0.6 is 0 Å². The summed E-state index contributed by atoms with van der Waals surface area (Å²) in [6.45, 7) is 5.75. The van der Waals surface area contributed by atoms with Crippen molar-refractivity contribution in [2.75, 3.05) is 0 Å². The second-order valence-electron chi connectivity index (χ2n) is 3.75. The van der Waals surface area contributed by atoms with Crippen LogP contribution < -0.4 is 24.2 Å². The van der Waals surface area contributed by atoms with Gasteiger partial charge >= 0.3 is 18.9 Å². The van der Waals surface area contributed by atoms with Crippen LogP contribution in [0.25, 0.3) is 0 Å². The van der Waals surface area contributed by atoms with Gasteiger partial charge in [0.2, 0.25) is 0 Å². The fourth-order valence-electron chi connectivity index (χ4n) is 0.792. The topological polar surface area (TPSA) is 54.9 Å². The fraction of sp³-hybridized carbons (Fsp3) is 0.444. The van der Waals surface area contributed by atoms with Crippen LogP contribution in [0.4, 0.5) is 0 Å². The third kappa shape index (κ3) is 4.40. The number of nitrogens with zero attached hydrogens (tertiary/aromatic N) is 2. The van der Waals surface area contributed by atoms with Crippen molar-refractivity contribution in [3.63, 3.8) is 0 Å². The SMILES string of the molecule is CC(C)(C)NC(=O)c1[c-]cnnc1.[Li+]. The van der Waals surface area contributed by atoms with Gasteiger partial charge in [-0.05, 0) is 33.2 Å². The molecule has 0 fully saturated rings. The third-order valence-electron chi connectivity index (χ3n) is 1.26. The molecule has 0 saturated carbocycles. The number of hydrogen-bond acceptors (Lipinski definition) is 3. The van der Waals surface area contributed by atoms with Crippen molar-refractivity contribution in [1.82, 2.24) is 15.5 Å². The van der Waals surface area contributed by atoms with E-state index in [1.165, 1.54) is 12.4 Å². The number of aromatic nitrogens is 2. The van der Waals surface area contributed by atoms with Crippen molar-refractivity contribution in [1.29, 1.82) is 0 Å². The van der Waals surface area contributed by atoms with Crippen molar-refractivity contribution in [2.24, 2.45) is 0 Å². The number of carbonyl (C=O) groups is 1. The molecule has 0 atom stereocenters. The van der Waals surface area contributed by atoms with Crippen LogP contribution in [-0.2, 0) is 0 Å². The zero-order chi connectivity index (χ0) is 9.90. The molecular weight excluding hydrogens is 173 g/mol. The summed E-state index contributed by atoms with van der Waals surface area (Å²) in [5, 5.41) is 9.93. The van der Waals surface area contributed by atoms with Crippen LogP contribution in [0.3, 0.4) is 0 Å². The number of amides is 1. The molecule has 1 amide bonds. The maximum Gasteiger partial charge on any atom is 1.00 e. The molecule has 0 bridgehead atoms. The second kappa shape index (κ2) is 5.13. The maximum absolute atomic E-state index is 11.5. The summed E-state index contributed by atoms with van der Waals surface area (Å²) in [5.74, 6) is -0.178. The number of nitrogens with one attached hydrogen (secondary N) is 1. The molecule has 4 nitrogen and oxygen atoms in total. The molecule has 1 aromatic rings. The van der Waals surface area contributed by atoms with Crippen molar-refractivity contribution in [2.45, 2.75) is 26.3 Å². The Labute approximate surface area is 95.7 Å². The Morgan fingerprint density at radius 3 is 2.50 bits per heavy atom. The van der Waals surface area contributed by atoms with E-state index in [0.717, 1.165) is 0 Å². The predicted molar refractivity (Wildman–Crippen MR) is 48.1 cm³/mol. The van der Waals surface area contributed by atoms with E-state index in [1.54, 1.807) is 0 Å². The quantitative estimate of drug-likeness (QED) is 0.399. The van der Waals surface area contributed by atoms with E-state index in [0.29, 0.717) is 5.56 Å². The van der Waals surface area contributed by atoms with Crippen molar-refractivity contribution in [3.8, 4) is 0 Å². The molecule has 1 aromatic heterocycles. The van der Waals surface area contributed by atoms with Crippen molar-refractivity contribution in [3.05, 3.63) is 24.0 Å². The zero-order valence-electron chi connectivity index (χ0n) is 8.96. The Kier molecular flexibility index (Phi) is 4.82. The van der Waals surface area contributed by atoms with E-state index < -0.39 is 0 Å². The zero-order valence-corrected chi connectivity index (χ0v) is 8.96. The molecule has 1 N–H and O–H groups in total. The molecule has 70 valence electrons.